The standard InChI is InChI=1S/C19H17F9N2O3S/c20-16(21,22)11-30(34(32,33)15-7-1-12(2-8-15)9-10-29)14-5-3-13(4-6-14)17(31,18(23,24)25)19(26,27)28/h1-8,31H,9-11,29H2. The predicted molar refractivity (Wildman–Crippen MR) is 102 cm³/mol. The Morgan fingerprint density at radius 3 is 1.65 bits per heavy atom. The molecule has 0 amide bonds. The first-order valence-corrected chi connectivity index (χ1v) is 10.6. The number of anilines is 1. The van der Waals surface area contributed by atoms with Crippen LogP contribution in [0.5, 0.6) is 0 Å². The predicted octanol–water partition coefficient (Wildman–Crippen LogP) is 4.26. The highest BCUT2D eigenvalue weighted by atomic mass is 32.2. The average molecular weight is 524 g/mol. The SMILES string of the molecule is NCCc1ccc(S(=O)(=O)N(CC(F)(F)F)c2ccc(C(O)(C(F)(F)F)C(F)(F)F)cc2)cc1. The number of rotatable bonds is 7. The first-order valence-electron chi connectivity index (χ1n) is 9.19. The van der Waals surface area contributed by atoms with Gasteiger partial charge in [-0.3, -0.25) is 4.31 Å². The highest BCUT2D eigenvalue weighted by Crippen LogP contribution is 2.50. The summed E-state index contributed by atoms with van der Waals surface area (Å²) in [6.45, 7) is -1.91. The molecule has 0 bridgehead atoms. The molecular weight excluding hydrogens is 507 g/mol. The van der Waals surface area contributed by atoms with Crippen molar-refractivity contribution in [1.82, 2.24) is 0 Å². The molecule has 2 aromatic rings. The van der Waals surface area contributed by atoms with Crippen molar-refractivity contribution in [2.45, 2.75) is 35.4 Å². The molecule has 34 heavy (non-hydrogen) atoms. The van der Waals surface area contributed by atoms with E-state index >= 15 is 0 Å². The molecule has 5 nitrogen and oxygen atoms in total. The summed E-state index contributed by atoms with van der Waals surface area (Å²) < 4.78 is 143. The molecule has 2 aromatic carbocycles. The number of benzene rings is 2. The third kappa shape index (κ3) is 5.58. The van der Waals surface area contributed by atoms with E-state index in [-0.39, 0.29) is 23.0 Å². The summed E-state index contributed by atoms with van der Waals surface area (Å²) in [5.41, 5.74) is -2.02. The normalized spacial score (nSPS) is 13.7. The summed E-state index contributed by atoms with van der Waals surface area (Å²) in [6.07, 6.45) is -17.2. The Morgan fingerprint density at radius 2 is 1.26 bits per heavy atom. The molecule has 0 atom stereocenters. The van der Waals surface area contributed by atoms with Crippen molar-refractivity contribution in [3.8, 4) is 0 Å². The van der Waals surface area contributed by atoms with E-state index in [1.54, 1.807) is 0 Å². The summed E-state index contributed by atoms with van der Waals surface area (Å²) >= 11 is 0. The number of nitrogens with zero attached hydrogens (tertiary/aromatic N) is 1. The van der Waals surface area contributed by atoms with Crippen molar-refractivity contribution in [3.63, 3.8) is 0 Å². The van der Waals surface area contributed by atoms with E-state index in [2.05, 4.69) is 0 Å². The van der Waals surface area contributed by atoms with Crippen LogP contribution in [0.15, 0.2) is 53.4 Å². The smallest absolute Gasteiger partial charge is 0.369 e. The van der Waals surface area contributed by atoms with Crippen LogP contribution >= 0.6 is 0 Å². The molecule has 0 heterocycles. The minimum absolute atomic E-state index is 0.0551. The Kier molecular flexibility index (Phi) is 7.55. The summed E-state index contributed by atoms with van der Waals surface area (Å²) in [4.78, 5) is -0.608. The highest BCUT2D eigenvalue weighted by molar-refractivity contribution is 7.92. The maximum absolute atomic E-state index is 13.1. The molecule has 0 aliphatic carbocycles. The molecule has 0 aliphatic rings. The van der Waals surface area contributed by atoms with E-state index in [0.717, 1.165) is 12.1 Å². The van der Waals surface area contributed by atoms with Gasteiger partial charge in [-0.1, -0.05) is 24.3 Å². The lowest BCUT2D eigenvalue weighted by molar-refractivity contribution is -0.376. The molecule has 190 valence electrons. The van der Waals surface area contributed by atoms with E-state index < -0.39 is 56.8 Å². The fraction of sp³-hybridized carbons (Fsp3) is 0.368. The monoisotopic (exact) mass is 524 g/mol. The first kappa shape index (κ1) is 27.7. The molecule has 0 aliphatic heterocycles. The van der Waals surface area contributed by atoms with Crippen molar-refractivity contribution in [3.05, 3.63) is 59.7 Å². The van der Waals surface area contributed by atoms with Gasteiger partial charge in [0.2, 0.25) is 0 Å². The molecule has 0 saturated carbocycles. The average Bonchev–Trinajstić information content (AvgIpc) is 2.70. The van der Waals surface area contributed by atoms with Gasteiger partial charge in [0.25, 0.3) is 15.6 Å². The largest absolute Gasteiger partial charge is 0.430 e. The number of hydrogen-bond donors (Lipinski definition) is 2. The van der Waals surface area contributed by atoms with Crippen LogP contribution in [0.2, 0.25) is 0 Å². The molecule has 0 unspecified atom stereocenters. The first-order chi connectivity index (χ1) is 15.3. The van der Waals surface area contributed by atoms with Gasteiger partial charge in [-0.05, 0) is 42.8 Å². The lowest BCUT2D eigenvalue weighted by atomic mass is 9.92. The van der Waals surface area contributed by atoms with E-state index in [1.807, 2.05) is 0 Å². The summed E-state index contributed by atoms with van der Waals surface area (Å²) in [6, 6.07) is 5.30. The van der Waals surface area contributed by atoms with Gasteiger partial charge < -0.3 is 10.8 Å². The molecule has 15 heteroatoms. The van der Waals surface area contributed by atoms with Crippen molar-refractivity contribution in [2.75, 3.05) is 17.4 Å². The number of nitrogens with two attached hydrogens (primary N) is 1. The fourth-order valence-electron chi connectivity index (χ4n) is 2.96. The van der Waals surface area contributed by atoms with Crippen LogP contribution in [0.3, 0.4) is 0 Å². The summed E-state index contributed by atoms with van der Waals surface area (Å²) in [7, 11) is -4.95. The van der Waals surface area contributed by atoms with Crippen molar-refractivity contribution in [2.24, 2.45) is 5.73 Å². The maximum Gasteiger partial charge on any atom is 0.430 e. The Labute approximate surface area is 187 Å². The molecule has 0 saturated heterocycles. The van der Waals surface area contributed by atoms with Gasteiger partial charge in [0.15, 0.2) is 0 Å². The van der Waals surface area contributed by atoms with E-state index in [9.17, 15) is 53.0 Å². The third-order valence-electron chi connectivity index (χ3n) is 4.66. The number of hydrogen-bond acceptors (Lipinski definition) is 4. The van der Waals surface area contributed by atoms with Gasteiger partial charge in [0.05, 0.1) is 10.6 Å². The van der Waals surface area contributed by atoms with Crippen LogP contribution in [0, 0.1) is 0 Å². The van der Waals surface area contributed by atoms with E-state index in [4.69, 9.17) is 5.73 Å². The van der Waals surface area contributed by atoms with Crippen LogP contribution in [-0.4, -0.2) is 45.1 Å². The second-order valence-corrected chi connectivity index (χ2v) is 8.92. The molecule has 3 N–H and O–H groups in total. The number of alkyl halides is 9. The van der Waals surface area contributed by atoms with Crippen molar-refractivity contribution in [1.29, 1.82) is 0 Å². The molecule has 0 spiro atoms. The zero-order valence-corrected chi connectivity index (χ0v) is 17.7. The zero-order chi connectivity index (χ0) is 26.2. The number of halogens is 9. The Hall–Kier alpha value is -2.52. The second kappa shape index (κ2) is 9.26. The van der Waals surface area contributed by atoms with Crippen LogP contribution < -0.4 is 10.0 Å². The van der Waals surface area contributed by atoms with Crippen molar-refractivity contribution >= 4 is 15.7 Å². The minimum atomic E-state index is -6.23. The van der Waals surface area contributed by atoms with Gasteiger partial charge in [-0.15, -0.1) is 0 Å². The van der Waals surface area contributed by atoms with Crippen molar-refractivity contribution < 1.29 is 53.0 Å². The topological polar surface area (TPSA) is 83.6 Å². The molecule has 2 rings (SSSR count). The van der Waals surface area contributed by atoms with Crippen LogP contribution in [0.4, 0.5) is 45.2 Å². The third-order valence-corrected chi connectivity index (χ3v) is 6.45. The molecule has 0 fully saturated rings. The van der Waals surface area contributed by atoms with E-state index in [1.165, 1.54) is 12.1 Å². The van der Waals surface area contributed by atoms with Crippen LogP contribution in [-0.2, 0) is 22.0 Å². The number of aliphatic hydroxyl groups is 1. The molecule has 0 radical (unpaired) electrons. The summed E-state index contributed by atoms with van der Waals surface area (Å²) in [5.74, 6) is 0. The van der Waals surface area contributed by atoms with Gasteiger partial charge in [-0.25, -0.2) is 8.42 Å². The lowest BCUT2D eigenvalue weighted by Gasteiger charge is -2.33. The van der Waals surface area contributed by atoms with Gasteiger partial charge in [0.1, 0.15) is 6.54 Å². The van der Waals surface area contributed by atoms with Gasteiger partial charge in [0, 0.05) is 5.56 Å². The Morgan fingerprint density at radius 1 is 0.794 bits per heavy atom. The van der Waals surface area contributed by atoms with Gasteiger partial charge in [-0.2, -0.15) is 39.5 Å². The van der Waals surface area contributed by atoms with Crippen LogP contribution in [0.25, 0.3) is 0 Å². The quantitative estimate of drug-likeness (QED) is 0.531. The minimum Gasteiger partial charge on any atom is -0.369 e. The lowest BCUT2D eigenvalue weighted by Crippen LogP contribution is -2.53. The fourth-order valence-corrected chi connectivity index (χ4v) is 4.41. The maximum atomic E-state index is 13.1. The highest BCUT2D eigenvalue weighted by Gasteiger charge is 2.71. The number of sulfonamides is 1. The van der Waals surface area contributed by atoms with E-state index in [0.29, 0.717) is 24.1 Å². The molecular formula is C19H17F9N2O3S. The molecule has 0 aromatic heterocycles. The summed E-state index contributed by atoms with van der Waals surface area (Å²) in [5, 5.41) is 9.41. The Bertz CT molecular complexity index is 1060. The van der Waals surface area contributed by atoms with Crippen LogP contribution in [0.1, 0.15) is 11.1 Å². The Balaban J connectivity index is 2.58. The zero-order valence-electron chi connectivity index (χ0n) is 16.8. The second-order valence-electron chi connectivity index (χ2n) is 7.06. The van der Waals surface area contributed by atoms with Gasteiger partial charge >= 0.3 is 18.5 Å².